The number of nitrogens with zero attached hydrogens (tertiary/aromatic N) is 5. The van der Waals surface area contributed by atoms with Crippen molar-refractivity contribution < 1.29 is 8.78 Å². The summed E-state index contributed by atoms with van der Waals surface area (Å²) in [5, 5.41) is 11.0. The molecule has 0 spiro atoms. The zero-order valence-corrected chi connectivity index (χ0v) is 22.9. The molecule has 1 aliphatic heterocycles. The van der Waals surface area contributed by atoms with Crippen LogP contribution in [0.15, 0.2) is 93.3 Å². The summed E-state index contributed by atoms with van der Waals surface area (Å²) in [5.41, 5.74) is 3.82. The number of nitrogens with one attached hydrogen (secondary N) is 2. The number of hydrogen-bond acceptors (Lipinski definition) is 5. The maximum atomic E-state index is 15.1. The Kier molecular flexibility index (Phi) is 9.90. The Balaban J connectivity index is 1.98. The minimum atomic E-state index is -0.877. The predicted molar refractivity (Wildman–Crippen MR) is 154 cm³/mol. The minimum Gasteiger partial charge on any atom is -0.383 e. The highest BCUT2D eigenvalue weighted by Crippen LogP contribution is 2.36. The summed E-state index contributed by atoms with van der Waals surface area (Å²) < 4.78 is 31.7. The highest BCUT2D eigenvalue weighted by molar-refractivity contribution is 6.04. The molecule has 7 nitrogen and oxygen atoms in total. The summed E-state index contributed by atoms with van der Waals surface area (Å²) in [4.78, 5) is 10.9. The Bertz CT molecular complexity index is 1290. The minimum absolute atomic E-state index is 0.150. The molecule has 0 unspecified atom stereocenters. The smallest absolute Gasteiger partial charge is 0.162 e. The van der Waals surface area contributed by atoms with Crippen LogP contribution in [-0.2, 0) is 6.54 Å². The number of allylic oxidation sites excluding steroid dienone is 8. The molecule has 38 heavy (non-hydrogen) atoms. The monoisotopic (exact) mass is 521 g/mol. The van der Waals surface area contributed by atoms with E-state index in [0.29, 0.717) is 48.5 Å². The molecule has 3 rings (SSSR count). The van der Waals surface area contributed by atoms with Crippen LogP contribution in [0.2, 0.25) is 0 Å². The molecule has 0 atom stereocenters. The molecule has 0 saturated heterocycles. The van der Waals surface area contributed by atoms with Crippen LogP contribution >= 0.6 is 0 Å². The van der Waals surface area contributed by atoms with Crippen molar-refractivity contribution in [1.82, 2.24) is 20.0 Å². The average molecular weight is 522 g/mol. The second-order valence-electron chi connectivity index (χ2n) is 9.35. The molecule has 1 aromatic rings. The largest absolute Gasteiger partial charge is 0.383 e. The lowest BCUT2D eigenvalue weighted by Crippen LogP contribution is -2.26. The normalized spacial score (nSPS) is 21.9. The number of rotatable bonds is 8. The first-order chi connectivity index (χ1) is 18.2. The molecule has 1 aliphatic carbocycles. The van der Waals surface area contributed by atoms with E-state index >= 15 is 4.39 Å². The Morgan fingerprint density at radius 3 is 2.76 bits per heavy atom. The van der Waals surface area contributed by atoms with E-state index < -0.39 is 11.7 Å². The van der Waals surface area contributed by atoms with Crippen molar-refractivity contribution in [2.24, 2.45) is 9.98 Å². The molecule has 2 aliphatic rings. The van der Waals surface area contributed by atoms with E-state index in [-0.39, 0.29) is 12.0 Å². The molecule has 0 amide bonds. The van der Waals surface area contributed by atoms with Gasteiger partial charge in [0.05, 0.1) is 12.2 Å². The van der Waals surface area contributed by atoms with Gasteiger partial charge in [0, 0.05) is 67.1 Å². The van der Waals surface area contributed by atoms with Crippen LogP contribution in [0.3, 0.4) is 0 Å². The molecule has 0 saturated carbocycles. The first kappa shape index (κ1) is 28.7. The van der Waals surface area contributed by atoms with Crippen LogP contribution in [-0.4, -0.2) is 52.9 Å². The van der Waals surface area contributed by atoms with E-state index in [1.165, 1.54) is 6.20 Å². The summed E-state index contributed by atoms with van der Waals surface area (Å²) in [6.07, 6.45) is 9.68. The third-order valence-electron chi connectivity index (χ3n) is 6.41. The zero-order chi connectivity index (χ0) is 27.8. The number of halogens is 2. The van der Waals surface area contributed by atoms with Gasteiger partial charge in [-0.05, 0) is 58.0 Å². The van der Waals surface area contributed by atoms with E-state index in [0.717, 1.165) is 17.0 Å². The molecular formula is C29H37F2N7. The molecule has 9 heteroatoms. The van der Waals surface area contributed by atoms with E-state index in [1.807, 2.05) is 33.0 Å². The van der Waals surface area contributed by atoms with Gasteiger partial charge in [0.25, 0.3) is 0 Å². The molecule has 202 valence electrons. The number of hydrogen-bond donors (Lipinski definition) is 2. The van der Waals surface area contributed by atoms with Crippen LogP contribution in [0.5, 0.6) is 0 Å². The standard InChI is InChI=1S/C29H37F2N7/c1-8-26-20(6)24(17-32-11-12-34-26)23-13-21(14-25(30)29(23)31)15-27(33-9-2)35-28-16-22(38(10-3)36-28)18-37(7)19(4)5/h8-10,13,15-17,19,34H,2-3,11-12,14,18H2,1,4-7H3,(H,33,35,36)/b21-15-,24-20+,26-8-,32-17-. The van der Waals surface area contributed by atoms with Gasteiger partial charge in [-0.1, -0.05) is 19.2 Å². The third-order valence-corrected chi connectivity index (χ3v) is 6.41. The van der Waals surface area contributed by atoms with Crippen molar-refractivity contribution in [2.75, 3.05) is 25.5 Å². The van der Waals surface area contributed by atoms with Crippen LogP contribution < -0.4 is 10.6 Å². The van der Waals surface area contributed by atoms with Crippen LogP contribution in [0.4, 0.5) is 14.6 Å². The van der Waals surface area contributed by atoms with Crippen molar-refractivity contribution in [1.29, 1.82) is 0 Å². The van der Waals surface area contributed by atoms with Gasteiger partial charge >= 0.3 is 0 Å². The van der Waals surface area contributed by atoms with Gasteiger partial charge in [0.1, 0.15) is 11.7 Å². The van der Waals surface area contributed by atoms with Crippen LogP contribution in [0, 0.1) is 0 Å². The summed E-state index contributed by atoms with van der Waals surface area (Å²) in [6, 6.07) is 2.27. The van der Waals surface area contributed by atoms with Gasteiger partial charge in [-0.2, -0.15) is 5.10 Å². The van der Waals surface area contributed by atoms with E-state index in [9.17, 15) is 4.39 Å². The highest BCUT2D eigenvalue weighted by Gasteiger charge is 2.24. The number of aromatic nitrogens is 2. The van der Waals surface area contributed by atoms with Gasteiger partial charge < -0.3 is 10.6 Å². The van der Waals surface area contributed by atoms with Crippen molar-refractivity contribution in [3.63, 3.8) is 0 Å². The molecule has 0 aromatic carbocycles. The molecule has 2 N–H and O–H groups in total. The maximum absolute atomic E-state index is 15.1. The van der Waals surface area contributed by atoms with Gasteiger partial charge in [-0.3, -0.25) is 9.89 Å². The summed E-state index contributed by atoms with van der Waals surface area (Å²) in [7, 11) is 2.04. The molecule has 2 heterocycles. The quantitative estimate of drug-likeness (QED) is 0.321. The van der Waals surface area contributed by atoms with Gasteiger partial charge in [0.15, 0.2) is 11.6 Å². The Labute approximate surface area is 224 Å². The van der Waals surface area contributed by atoms with Crippen LogP contribution in [0.1, 0.15) is 39.8 Å². The van der Waals surface area contributed by atoms with E-state index in [2.05, 4.69) is 57.6 Å². The lowest BCUT2D eigenvalue weighted by atomic mass is 9.91. The van der Waals surface area contributed by atoms with Gasteiger partial charge in [0.2, 0.25) is 0 Å². The second kappa shape index (κ2) is 13.1. The van der Waals surface area contributed by atoms with Crippen molar-refractivity contribution in [3.05, 3.63) is 89.0 Å². The fourth-order valence-electron chi connectivity index (χ4n) is 4.09. The Hall–Kier alpha value is -3.85. The third kappa shape index (κ3) is 6.92. The van der Waals surface area contributed by atoms with E-state index in [4.69, 9.17) is 0 Å². The molecule has 0 fully saturated rings. The van der Waals surface area contributed by atoms with Crippen LogP contribution in [0.25, 0.3) is 6.20 Å². The lowest BCUT2D eigenvalue weighted by molar-refractivity contribution is 0.261. The fourth-order valence-corrected chi connectivity index (χ4v) is 4.09. The SMILES string of the molecule is C=C/N=C(\C=C1C=C(C2=C(C)/C(=C/C)NCC/N=C\2)C(F)=C(F)C\1)Nc1cc(CN(C)C(C)C)n(C=C)n1. The number of amidine groups is 1. The first-order valence-corrected chi connectivity index (χ1v) is 12.6. The summed E-state index contributed by atoms with van der Waals surface area (Å²) in [5.74, 6) is -0.776. The summed E-state index contributed by atoms with van der Waals surface area (Å²) >= 11 is 0. The molecule has 1 aromatic heterocycles. The summed E-state index contributed by atoms with van der Waals surface area (Å²) in [6.45, 7) is 17.4. The zero-order valence-electron chi connectivity index (χ0n) is 22.9. The highest BCUT2D eigenvalue weighted by atomic mass is 19.2. The van der Waals surface area contributed by atoms with E-state index in [1.54, 1.807) is 29.2 Å². The Morgan fingerprint density at radius 2 is 2.11 bits per heavy atom. The average Bonchev–Trinajstić information content (AvgIpc) is 3.25. The van der Waals surface area contributed by atoms with Crippen molar-refractivity contribution >= 4 is 24.1 Å². The molecular weight excluding hydrogens is 484 g/mol. The van der Waals surface area contributed by atoms with Crippen molar-refractivity contribution in [2.45, 2.75) is 46.7 Å². The van der Waals surface area contributed by atoms with Crippen molar-refractivity contribution in [3.8, 4) is 0 Å². The second-order valence-corrected chi connectivity index (χ2v) is 9.35. The number of aliphatic imine (C=N–C) groups is 2. The topological polar surface area (TPSA) is 69.8 Å². The lowest BCUT2D eigenvalue weighted by Gasteiger charge is -2.21. The number of anilines is 1. The maximum Gasteiger partial charge on any atom is 0.162 e. The molecule has 0 radical (unpaired) electrons. The van der Waals surface area contributed by atoms with Gasteiger partial charge in [-0.25, -0.2) is 18.5 Å². The van der Waals surface area contributed by atoms with Gasteiger partial charge in [-0.15, -0.1) is 0 Å². The Morgan fingerprint density at radius 1 is 1.34 bits per heavy atom. The molecule has 0 bridgehead atoms. The predicted octanol–water partition coefficient (Wildman–Crippen LogP) is 6.08. The first-order valence-electron chi connectivity index (χ1n) is 12.6. The fraction of sp³-hybridized carbons (Fsp3) is 0.345.